The first-order valence-corrected chi connectivity index (χ1v) is 25.0. The second-order valence-corrected chi connectivity index (χ2v) is 18.8. The largest absolute Gasteiger partial charge is 0.456 e. The summed E-state index contributed by atoms with van der Waals surface area (Å²) in [5, 5.41) is 12.3. The highest BCUT2D eigenvalue weighted by Gasteiger charge is 2.19. The number of nitrogens with zero attached hydrogens (tertiary/aromatic N) is 2. The summed E-state index contributed by atoms with van der Waals surface area (Å²) in [7, 11) is 0. The molecule has 0 spiro atoms. The van der Waals surface area contributed by atoms with Crippen molar-refractivity contribution in [2.75, 3.05) is 9.80 Å². The van der Waals surface area contributed by atoms with E-state index in [1.807, 2.05) is 12.1 Å². The van der Waals surface area contributed by atoms with Gasteiger partial charge < -0.3 is 14.2 Å². The molecule has 3 heteroatoms. The SMILES string of the molecule is c1ccc(N(c2ccccc2)c2ccc(-c3ccc(N(c4ccc(-c5ccc6oc7ccccc7c6c5)cc4)c4ccc(-c5ccc6c7ccccc7c7ccccc7c6c5)cc4)cc3)c3ccccc23)cc1. The maximum atomic E-state index is 6.18. The zero-order valence-corrected chi connectivity index (χ0v) is 39.9. The van der Waals surface area contributed by atoms with Crippen LogP contribution in [0.25, 0.3) is 98.4 Å². The molecule has 14 aromatic rings. The second kappa shape index (κ2) is 17.6. The molecule has 0 aliphatic carbocycles. The molecule has 1 heterocycles. The number of rotatable bonds is 9. The zero-order valence-electron chi connectivity index (χ0n) is 39.9. The Morgan fingerprint density at radius 2 is 0.589 bits per heavy atom. The maximum Gasteiger partial charge on any atom is 0.135 e. The molecule has 14 rings (SSSR count). The van der Waals surface area contributed by atoms with Crippen molar-refractivity contribution in [1.29, 1.82) is 0 Å². The monoisotopic (exact) mass is 930 g/mol. The molecule has 0 radical (unpaired) electrons. The minimum Gasteiger partial charge on any atom is -0.456 e. The Labute approximate surface area is 423 Å². The molecule has 0 saturated carbocycles. The molecule has 0 amide bonds. The van der Waals surface area contributed by atoms with Crippen molar-refractivity contribution in [3.8, 4) is 33.4 Å². The summed E-state index contributed by atoms with van der Waals surface area (Å²) in [5.41, 5.74) is 15.4. The Morgan fingerprint density at radius 3 is 1.15 bits per heavy atom. The lowest BCUT2D eigenvalue weighted by atomic mass is 9.92. The third-order valence-electron chi connectivity index (χ3n) is 14.6. The average Bonchev–Trinajstić information content (AvgIpc) is 3.85. The summed E-state index contributed by atoms with van der Waals surface area (Å²) in [6.45, 7) is 0. The number of para-hydroxylation sites is 3. The fourth-order valence-corrected chi connectivity index (χ4v) is 11.1. The maximum absolute atomic E-state index is 6.18. The van der Waals surface area contributed by atoms with E-state index in [4.69, 9.17) is 4.42 Å². The summed E-state index contributed by atoms with van der Waals surface area (Å²) in [5.74, 6) is 0. The quantitative estimate of drug-likeness (QED) is 0.135. The predicted octanol–water partition coefficient (Wildman–Crippen LogP) is 20.1. The van der Waals surface area contributed by atoms with Crippen molar-refractivity contribution >= 4 is 99.2 Å². The topological polar surface area (TPSA) is 19.6 Å². The van der Waals surface area contributed by atoms with Crippen molar-refractivity contribution in [1.82, 2.24) is 0 Å². The molecular weight excluding hydrogens is 885 g/mol. The lowest BCUT2D eigenvalue weighted by Gasteiger charge is -2.27. The molecule has 73 heavy (non-hydrogen) atoms. The first kappa shape index (κ1) is 42.2. The van der Waals surface area contributed by atoms with Gasteiger partial charge in [-0.15, -0.1) is 0 Å². The van der Waals surface area contributed by atoms with Crippen molar-refractivity contribution in [3.63, 3.8) is 0 Å². The lowest BCUT2D eigenvalue weighted by Crippen LogP contribution is -2.10. The Bertz CT molecular complexity index is 4280. The molecule has 0 atom stereocenters. The van der Waals surface area contributed by atoms with Gasteiger partial charge in [0.1, 0.15) is 11.2 Å². The van der Waals surface area contributed by atoms with E-state index in [-0.39, 0.29) is 0 Å². The minimum absolute atomic E-state index is 0.899. The summed E-state index contributed by atoms with van der Waals surface area (Å²) < 4.78 is 6.18. The van der Waals surface area contributed by atoms with Gasteiger partial charge in [0.05, 0.1) is 5.69 Å². The lowest BCUT2D eigenvalue weighted by molar-refractivity contribution is 0.669. The van der Waals surface area contributed by atoms with Gasteiger partial charge in [-0.05, 0) is 162 Å². The molecule has 0 aliphatic heterocycles. The van der Waals surface area contributed by atoms with Crippen LogP contribution in [0.5, 0.6) is 0 Å². The molecule has 0 aliphatic rings. The van der Waals surface area contributed by atoms with Crippen LogP contribution in [0.15, 0.2) is 283 Å². The Hall–Kier alpha value is -9.70. The van der Waals surface area contributed by atoms with Crippen LogP contribution < -0.4 is 9.80 Å². The smallest absolute Gasteiger partial charge is 0.135 e. The molecule has 342 valence electrons. The number of furan rings is 1. The first-order chi connectivity index (χ1) is 36.2. The van der Waals surface area contributed by atoms with Gasteiger partial charge in [-0.25, -0.2) is 0 Å². The minimum atomic E-state index is 0.899. The summed E-state index contributed by atoms with van der Waals surface area (Å²) in [6.07, 6.45) is 0. The van der Waals surface area contributed by atoms with E-state index in [1.54, 1.807) is 0 Å². The van der Waals surface area contributed by atoms with Crippen LogP contribution in [0, 0.1) is 0 Å². The molecule has 3 nitrogen and oxygen atoms in total. The van der Waals surface area contributed by atoms with E-state index in [0.29, 0.717) is 0 Å². The fraction of sp³-hybridized carbons (Fsp3) is 0. The van der Waals surface area contributed by atoms with E-state index in [9.17, 15) is 0 Å². The third kappa shape index (κ3) is 7.37. The zero-order chi connectivity index (χ0) is 48.2. The van der Waals surface area contributed by atoms with E-state index >= 15 is 0 Å². The second-order valence-electron chi connectivity index (χ2n) is 18.8. The van der Waals surface area contributed by atoms with Gasteiger partial charge >= 0.3 is 0 Å². The van der Waals surface area contributed by atoms with Gasteiger partial charge in [0.15, 0.2) is 0 Å². The fourth-order valence-electron chi connectivity index (χ4n) is 11.1. The number of fused-ring (bicyclic) bond motifs is 10. The van der Waals surface area contributed by atoms with Gasteiger partial charge in [0, 0.05) is 44.6 Å². The van der Waals surface area contributed by atoms with E-state index in [0.717, 1.165) is 72.8 Å². The van der Waals surface area contributed by atoms with Crippen LogP contribution in [0.4, 0.5) is 34.1 Å². The Kier molecular flexibility index (Phi) is 10.2. The summed E-state index contributed by atoms with van der Waals surface area (Å²) in [6, 6.07) is 101. The normalized spacial score (nSPS) is 11.6. The van der Waals surface area contributed by atoms with Gasteiger partial charge in [-0.3, -0.25) is 0 Å². The predicted molar refractivity (Wildman–Crippen MR) is 309 cm³/mol. The van der Waals surface area contributed by atoms with Crippen LogP contribution in [-0.2, 0) is 0 Å². The molecule has 0 saturated heterocycles. The summed E-state index contributed by atoms with van der Waals surface area (Å²) >= 11 is 0. The van der Waals surface area contributed by atoms with E-state index in [2.05, 4.69) is 277 Å². The van der Waals surface area contributed by atoms with Crippen LogP contribution in [-0.4, -0.2) is 0 Å². The highest BCUT2D eigenvalue weighted by atomic mass is 16.3. The highest BCUT2D eigenvalue weighted by molar-refractivity contribution is 6.25. The highest BCUT2D eigenvalue weighted by Crippen LogP contribution is 2.44. The molecule has 0 N–H and O–H groups in total. The number of hydrogen-bond acceptors (Lipinski definition) is 3. The third-order valence-corrected chi connectivity index (χ3v) is 14.6. The molecule has 1 aromatic heterocycles. The Balaban J connectivity index is 0.852. The van der Waals surface area contributed by atoms with Crippen LogP contribution in [0.3, 0.4) is 0 Å². The van der Waals surface area contributed by atoms with E-state index < -0.39 is 0 Å². The average molecular weight is 931 g/mol. The molecule has 0 bridgehead atoms. The molecule has 13 aromatic carbocycles. The van der Waals surface area contributed by atoms with Gasteiger partial charge in [-0.1, -0.05) is 188 Å². The van der Waals surface area contributed by atoms with Crippen molar-refractivity contribution in [2.24, 2.45) is 0 Å². The molecule has 0 unspecified atom stereocenters. The van der Waals surface area contributed by atoms with Gasteiger partial charge in [0.25, 0.3) is 0 Å². The van der Waals surface area contributed by atoms with Crippen LogP contribution in [0.1, 0.15) is 0 Å². The van der Waals surface area contributed by atoms with Gasteiger partial charge in [-0.2, -0.15) is 0 Å². The summed E-state index contributed by atoms with van der Waals surface area (Å²) in [4.78, 5) is 4.72. The molecular formula is C70H46N2O. The number of benzene rings is 13. The number of anilines is 6. The van der Waals surface area contributed by atoms with Crippen LogP contribution in [0.2, 0.25) is 0 Å². The van der Waals surface area contributed by atoms with E-state index in [1.165, 1.54) is 59.8 Å². The number of hydrogen-bond donors (Lipinski definition) is 0. The standard InChI is InChI=1S/C70H46N2O/c1-3-15-52(16-4-1)72(53-17-5-2-6-18-53)68-43-42-57(58-19-11-12-24-64(58)68)49-31-39-56(40-32-49)71(55-37-29-48(30-38-55)51-34-44-70-67(46-51)65-25-13-14-26-69(65)73-70)54-35-27-47(28-36-54)50-33-41-63-61-22-8-7-20-59(61)60-21-9-10-23-62(60)66(63)45-50/h1-46H. The first-order valence-electron chi connectivity index (χ1n) is 25.0. The van der Waals surface area contributed by atoms with Crippen molar-refractivity contribution in [3.05, 3.63) is 279 Å². The van der Waals surface area contributed by atoms with Crippen molar-refractivity contribution in [2.45, 2.75) is 0 Å². The van der Waals surface area contributed by atoms with Crippen molar-refractivity contribution < 1.29 is 4.42 Å². The Morgan fingerprint density at radius 1 is 0.205 bits per heavy atom. The van der Waals surface area contributed by atoms with Crippen LogP contribution >= 0.6 is 0 Å². The van der Waals surface area contributed by atoms with Gasteiger partial charge in [0.2, 0.25) is 0 Å². The molecule has 0 fully saturated rings.